The summed E-state index contributed by atoms with van der Waals surface area (Å²) in [6, 6.07) is 7.37. The van der Waals surface area contributed by atoms with Gasteiger partial charge in [-0.05, 0) is 16.5 Å². The number of nitrogens with two attached hydrogens (primary N) is 1. The van der Waals surface area contributed by atoms with E-state index in [9.17, 15) is 4.39 Å². The summed E-state index contributed by atoms with van der Waals surface area (Å²) in [7, 11) is 0. The first kappa shape index (κ1) is 11.2. The van der Waals surface area contributed by atoms with E-state index in [1.165, 1.54) is 5.56 Å². The highest BCUT2D eigenvalue weighted by atomic mass is 19.1. The molecule has 0 amide bonds. The molecule has 2 N–H and O–H groups in total. The third kappa shape index (κ3) is 2.55. The zero-order valence-electron chi connectivity index (χ0n) is 9.05. The fourth-order valence-corrected chi connectivity index (χ4v) is 1.32. The number of hydrogen-bond donors (Lipinski definition) is 1. The summed E-state index contributed by atoms with van der Waals surface area (Å²) in [6.07, 6.45) is 0. The number of rotatable bonds is 2. The molecule has 78 valence electrons. The maximum atomic E-state index is 12.3. The minimum Gasteiger partial charge on any atom is -0.322 e. The van der Waals surface area contributed by atoms with Gasteiger partial charge in [-0.2, -0.15) is 0 Å². The van der Waals surface area contributed by atoms with E-state index in [2.05, 4.69) is 20.8 Å². The van der Waals surface area contributed by atoms with E-state index in [0.717, 1.165) is 5.56 Å². The van der Waals surface area contributed by atoms with Crippen LogP contribution in [0.15, 0.2) is 24.3 Å². The number of benzene rings is 1. The van der Waals surface area contributed by atoms with Crippen molar-refractivity contribution in [2.75, 3.05) is 6.67 Å². The van der Waals surface area contributed by atoms with Gasteiger partial charge in [0.15, 0.2) is 0 Å². The minimum absolute atomic E-state index is 0.137. The zero-order chi connectivity index (χ0) is 10.8. The van der Waals surface area contributed by atoms with Crippen molar-refractivity contribution >= 4 is 0 Å². The fourth-order valence-electron chi connectivity index (χ4n) is 1.32. The Bertz CT molecular complexity index is 284. The lowest BCUT2D eigenvalue weighted by atomic mass is 9.86. The number of halogens is 1. The summed E-state index contributed by atoms with van der Waals surface area (Å²) < 4.78 is 12.3. The van der Waals surface area contributed by atoms with Gasteiger partial charge in [-0.25, -0.2) is 4.39 Å². The zero-order valence-corrected chi connectivity index (χ0v) is 9.05. The molecule has 0 aromatic heterocycles. The van der Waals surface area contributed by atoms with Crippen LogP contribution in [0.4, 0.5) is 4.39 Å². The highest BCUT2D eigenvalue weighted by molar-refractivity contribution is 5.29. The number of hydrogen-bond acceptors (Lipinski definition) is 1. The molecule has 2 heteroatoms. The summed E-state index contributed by atoms with van der Waals surface area (Å²) >= 11 is 0. The molecule has 1 atom stereocenters. The molecule has 0 spiro atoms. The lowest BCUT2D eigenvalue weighted by Crippen LogP contribution is -2.14. The molecule has 0 saturated carbocycles. The van der Waals surface area contributed by atoms with Gasteiger partial charge >= 0.3 is 0 Å². The molecule has 1 aromatic rings. The second kappa shape index (κ2) is 4.09. The van der Waals surface area contributed by atoms with Crippen LogP contribution >= 0.6 is 0 Å². The lowest BCUT2D eigenvalue weighted by molar-refractivity contribution is 0.437. The molecule has 1 aromatic carbocycles. The smallest absolute Gasteiger partial charge is 0.109 e. The first-order valence-electron chi connectivity index (χ1n) is 4.87. The van der Waals surface area contributed by atoms with Crippen LogP contribution in [0, 0.1) is 0 Å². The van der Waals surface area contributed by atoms with Crippen LogP contribution in [0.3, 0.4) is 0 Å². The maximum Gasteiger partial charge on any atom is 0.109 e. The summed E-state index contributed by atoms with van der Waals surface area (Å²) in [5.74, 6) is 0. The quantitative estimate of drug-likeness (QED) is 0.771. The third-order valence-corrected chi connectivity index (χ3v) is 2.37. The standard InChI is InChI=1S/C12H18FN/c1-12(2,3)10-6-4-9(5-7-10)11(14)8-13/h4-7,11H,8,14H2,1-3H3/t11-/m1/s1. The molecule has 14 heavy (non-hydrogen) atoms. The summed E-state index contributed by atoms with van der Waals surface area (Å²) in [5.41, 5.74) is 7.82. The lowest BCUT2D eigenvalue weighted by Gasteiger charge is -2.19. The molecule has 0 unspecified atom stereocenters. The predicted octanol–water partition coefficient (Wildman–Crippen LogP) is 2.95. The second-order valence-electron chi connectivity index (χ2n) is 4.63. The van der Waals surface area contributed by atoms with Crippen LogP contribution in [0.1, 0.15) is 37.9 Å². The van der Waals surface area contributed by atoms with E-state index in [1.54, 1.807) is 0 Å². The van der Waals surface area contributed by atoms with E-state index in [1.807, 2.05) is 24.3 Å². The average molecular weight is 195 g/mol. The molecule has 0 heterocycles. The molecule has 1 nitrogen and oxygen atoms in total. The van der Waals surface area contributed by atoms with Crippen LogP contribution in [0.5, 0.6) is 0 Å². The van der Waals surface area contributed by atoms with Crippen molar-refractivity contribution in [2.45, 2.75) is 32.2 Å². The monoisotopic (exact) mass is 195 g/mol. The minimum atomic E-state index is -0.505. The van der Waals surface area contributed by atoms with Crippen LogP contribution in [-0.2, 0) is 5.41 Å². The van der Waals surface area contributed by atoms with Crippen molar-refractivity contribution in [3.05, 3.63) is 35.4 Å². The molecular formula is C12H18FN. The van der Waals surface area contributed by atoms with Crippen molar-refractivity contribution in [1.82, 2.24) is 0 Å². The third-order valence-electron chi connectivity index (χ3n) is 2.37. The second-order valence-corrected chi connectivity index (χ2v) is 4.63. The van der Waals surface area contributed by atoms with Gasteiger partial charge in [-0.1, -0.05) is 45.0 Å². The molecule has 0 aliphatic heterocycles. The van der Waals surface area contributed by atoms with Gasteiger partial charge in [0.05, 0.1) is 6.04 Å². The predicted molar refractivity (Wildman–Crippen MR) is 58.0 cm³/mol. The van der Waals surface area contributed by atoms with Gasteiger partial charge in [0, 0.05) is 0 Å². The molecule has 0 bridgehead atoms. The Morgan fingerprint density at radius 3 is 2.07 bits per heavy atom. The maximum absolute atomic E-state index is 12.3. The van der Waals surface area contributed by atoms with Crippen LogP contribution in [0.2, 0.25) is 0 Å². The fraction of sp³-hybridized carbons (Fsp3) is 0.500. The van der Waals surface area contributed by atoms with E-state index >= 15 is 0 Å². The molecule has 0 aliphatic rings. The van der Waals surface area contributed by atoms with Crippen molar-refractivity contribution in [3.8, 4) is 0 Å². The van der Waals surface area contributed by atoms with E-state index in [-0.39, 0.29) is 5.41 Å². The first-order valence-corrected chi connectivity index (χ1v) is 4.87. The van der Waals surface area contributed by atoms with Gasteiger partial charge in [0.1, 0.15) is 6.67 Å². The van der Waals surface area contributed by atoms with E-state index in [4.69, 9.17) is 5.73 Å². The molecule has 0 saturated heterocycles. The van der Waals surface area contributed by atoms with Gasteiger partial charge in [0.25, 0.3) is 0 Å². The average Bonchev–Trinajstić information content (AvgIpc) is 2.15. The summed E-state index contributed by atoms with van der Waals surface area (Å²) in [4.78, 5) is 0. The Kier molecular flexibility index (Phi) is 3.27. The van der Waals surface area contributed by atoms with E-state index < -0.39 is 12.7 Å². The van der Waals surface area contributed by atoms with Gasteiger partial charge < -0.3 is 5.73 Å². The Labute approximate surface area is 85.1 Å². The van der Waals surface area contributed by atoms with Gasteiger partial charge in [-0.3, -0.25) is 0 Å². The summed E-state index contributed by atoms with van der Waals surface area (Å²) in [5, 5.41) is 0. The summed E-state index contributed by atoms with van der Waals surface area (Å²) in [6.45, 7) is 5.94. The first-order chi connectivity index (χ1) is 6.45. The molecule has 0 radical (unpaired) electrons. The highest BCUT2D eigenvalue weighted by Crippen LogP contribution is 2.23. The van der Waals surface area contributed by atoms with E-state index in [0.29, 0.717) is 0 Å². The van der Waals surface area contributed by atoms with Crippen molar-refractivity contribution in [2.24, 2.45) is 5.73 Å². The Morgan fingerprint density at radius 1 is 1.21 bits per heavy atom. The molecule has 0 fully saturated rings. The molecule has 1 rings (SSSR count). The van der Waals surface area contributed by atoms with Gasteiger partial charge in [0.2, 0.25) is 0 Å². The Balaban J connectivity index is 2.89. The normalized spacial score (nSPS) is 14.1. The van der Waals surface area contributed by atoms with Crippen molar-refractivity contribution in [3.63, 3.8) is 0 Å². The Morgan fingerprint density at radius 2 is 1.71 bits per heavy atom. The van der Waals surface area contributed by atoms with Crippen LogP contribution in [0.25, 0.3) is 0 Å². The highest BCUT2D eigenvalue weighted by Gasteiger charge is 2.13. The van der Waals surface area contributed by atoms with Crippen molar-refractivity contribution < 1.29 is 4.39 Å². The number of alkyl halides is 1. The van der Waals surface area contributed by atoms with Crippen LogP contribution < -0.4 is 5.73 Å². The van der Waals surface area contributed by atoms with Gasteiger partial charge in [-0.15, -0.1) is 0 Å². The SMILES string of the molecule is CC(C)(C)c1ccc([C@H](N)CF)cc1. The molecule has 0 aliphatic carbocycles. The van der Waals surface area contributed by atoms with Crippen molar-refractivity contribution in [1.29, 1.82) is 0 Å². The molecular weight excluding hydrogens is 177 g/mol. The van der Waals surface area contributed by atoms with Crippen LogP contribution in [-0.4, -0.2) is 6.67 Å². The largest absolute Gasteiger partial charge is 0.322 e. The topological polar surface area (TPSA) is 26.0 Å². The Hall–Kier alpha value is -0.890.